The lowest BCUT2D eigenvalue weighted by atomic mass is 9.81. The summed E-state index contributed by atoms with van der Waals surface area (Å²) >= 11 is 0. The first-order chi connectivity index (χ1) is 19.7. The lowest BCUT2D eigenvalue weighted by molar-refractivity contribution is -0.142. The van der Waals surface area contributed by atoms with Crippen molar-refractivity contribution in [2.24, 2.45) is 0 Å². The third-order valence-corrected chi connectivity index (χ3v) is 7.31. The maximum atomic E-state index is 14.3. The summed E-state index contributed by atoms with van der Waals surface area (Å²) in [7, 11) is 0. The first-order valence-electron chi connectivity index (χ1n) is 13.8. The number of alkyl halides is 3. The normalized spacial score (nSPS) is 15.0. The predicted octanol–water partition coefficient (Wildman–Crippen LogP) is 7.20. The molecule has 1 aliphatic rings. The molecule has 0 saturated carbocycles. The van der Waals surface area contributed by atoms with Crippen LogP contribution in [-0.4, -0.2) is 26.8 Å². The van der Waals surface area contributed by atoms with E-state index in [4.69, 9.17) is 4.74 Å². The molecule has 1 unspecified atom stereocenters. The lowest BCUT2D eigenvalue weighted by Gasteiger charge is -2.31. The highest BCUT2D eigenvalue weighted by molar-refractivity contribution is 5.98. The van der Waals surface area contributed by atoms with Crippen molar-refractivity contribution in [2.75, 3.05) is 4.90 Å². The number of benzene rings is 2. The summed E-state index contributed by atoms with van der Waals surface area (Å²) in [6.45, 7) is 3.40. The zero-order valence-electron chi connectivity index (χ0n) is 23.1. The van der Waals surface area contributed by atoms with Crippen LogP contribution in [0.5, 0.6) is 5.75 Å². The van der Waals surface area contributed by atoms with Crippen molar-refractivity contribution in [1.29, 1.82) is 0 Å². The first-order valence-corrected chi connectivity index (χ1v) is 13.8. The van der Waals surface area contributed by atoms with Gasteiger partial charge in [-0.15, -0.1) is 0 Å². The summed E-state index contributed by atoms with van der Waals surface area (Å²) in [4.78, 5) is 20.4. The van der Waals surface area contributed by atoms with E-state index in [-0.39, 0.29) is 18.4 Å². The van der Waals surface area contributed by atoms with Crippen LogP contribution in [0.2, 0.25) is 0 Å². The molecule has 5 rings (SSSR count). The molecule has 0 radical (unpaired) electrons. The van der Waals surface area contributed by atoms with E-state index in [0.29, 0.717) is 24.3 Å². The number of anilines is 1. The zero-order valence-corrected chi connectivity index (χ0v) is 23.1. The highest BCUT2D eigenvalue weighted by Crippen LogP contribution is 2.39. The van der Waals surface area contributed by atoms with Gasteiger partial charge >= 0.3 is 6.18 Å². The Bertz CT molecular complexity index is 1470. The van der Waals surface area contributed by atoms with Crippen LogP contribution in [0.15, 0.2) is 79.3 Å². The van der Waals surface area contributed by atoms with E-state index in [1.807, 2.05) is 74.5 Å². The second-order valence-corrected chi connectivity index (χ2v) is 10.7. The maximum absolute atomic E-state index is 14.3. The molecule has 0 N–H and O–H groups in total. The standard InChI is InChI=1S/C32H33F3N4O2/c1-22(2)29-15-14-25(17-36-29)39(19-24-16-37-38(18-24)21-32(33,34)35)31(40)28-12-6-11-27-26(28)10-7-13-30(27)41-20-23-8-4-3-5-9-23/h3-5,7-10,13-18,22,28H,6,11-12,19-21H2,1-2H3. The van der Waals surface area contributed by atoms with Gasteiger partial charge < -0.3 is 9.64 Å². The number of amides is 1. The van der Waals surface area contributed by atoms with E-state index in [9.17, 15) is 18.0 Å². The smallest absolute Gasteiger partial charge is 0.408 e. The van der Waals surface area contributed by atoms with E-state index in [2.05, 4.69) is 10.1 Å². The minimum Gasteiger partial charge on any atom is -0.489 e. The van der Waals surface area contributed by atoms with Crippen molar-refractivity contribution < 1.29 is 22.7 Å². The second-order valence-electron chi connectivity index (χ2n) is 10.7. The van der Waals surface area contributed by atoms with Gasteiger partial charge in [0.05, 0.1) is 30.5 Å². The number of carbonyl (C=O) groups excluding carboxylic acids is 1. The van der Waals surface area contributed by atoms with Crippen molar-refractivity contribution in [3.05, 3.63) is 107 Å². The van der Waals surface area contributed by atoms with Crippen molar-refractivity contribution >= 4 is 11.6 Å². The minimum absolute atomic E-state index is 0.0788. The molecule has 1 atom stereocenters. The third kappa shape index (κ3) is 6.96. The summed E-state index contributed by atoms with van der Waals surface area (Å²) in [5.74, 6) is 0.433. The molecular formula is C32H33F3N4O2. The second kappa shape index (κ2) is 12.2. The molecule has 1 amide bonds. The molecule has 1 aliphatic carbocycles. The quantitative estimate of drug-likeness (QED) is 0.217. The fourth-order valence-electron chi connectivity index (χ4n) is 5.27. The van der Waals surface area contributed by atoms with Crippen LogP contribution in [0.1, 0.15) is 66.5 Å². The van der Waals surface area contributed by atoms with E-state index in [1.165, 1.54) is 12.4 Å². The van der Waals surface area contributed by atoms with E-state index >= 15 is 0 Å². The van der Waals surface area contributed by atoms with Crippen molar-refractivity contribution in [1.82, 2.24) is 14.8 Å². The number of carbonyl (C=O) groups is 1. The van der Waals surface area contributed by atoms with E-state index in [0.717, 1.165) is 45.7 Å². The van der Waals surface area contributed by atoms with E-state index < -0.39 is 18.6 Å². The zero-order chi connectivity index (χ0) is 29.0. The highest BCUT2D eigenvalue weighted by atomic mass is 19.4. The van der Waals surface area contributed by atoms with Crippen LogP contribution in [0.4, 0.5) is 18.9 Å². The summed E-state index contributed by atoms with van der Waals surface area (Å²) < 4.78 is 45.9. The molecule has 2 aromatic carbocycles. The Morgan fingerprint density at radius 2 is 1.85 bits per heavy atom. The fraction of sp³-hybridized carbons (Fsp3) is 0.344. The lowest BCUT2D eigenvalue weighted by Crippen LogP contribution is -2.36. The van der Waals surface area contributed by atoms with Gasteiger partial charge in [0.2, 0.25) is 5.91 Å². The van der Waals surface area contributed by atoms with Gasteiger partial charge in [0.15, 0.2) is 0 Å². The number of aromatic nitrogens is 3. The van der Waals surface area contributed by atoms with Gasteiger partial charge in [-0.2, -0.15) is 18.3 Å². The molecule has 4 aromatic rings. The summed E-state index contributed by atoms with van der Waals surface area (Å²) in [6.07, 6.45) is 2.28. The van der Waals surface area contributed by atoms with Crippen molar-refractivity contribution in [3.63, 3.8) is 0 Å². The van der Waals surface area contributed by atoms with Gasteiger partial charge in [-0.05, 0) is 60.1 Å². The Morgan fingerprint density at radius 1 is 1.05 bits per heavy atom. The minimum atomic E-state index is -4.39. The van der Waals surface area contributed by atoms with Crippen molar-refractivity contribution in [3.8, 4) is 5.75 Å². The topological polar surface area (TPSA) is 60.2 Å². The number of hydrogen-bond donors (Lipinski definition) is 0. The monoisotopic (exact) mass is 562 g/mol. The summed E-state index contributed by atoms with van der Waals surface area (Å²) in [5, 5.41) is 3.88. The highest BCUT2D eigenvalue weighted by Gasteiger charge is 2.33. The molecule has 0 aliphatic heterocycles. The molecule has 0 spiro atoms. The SMILES string of the molecule is CC(C)c1ccc(N(Cc2cnn(CC(F)(F)F)c2)C(=O)C2CCCc3c(OCc4ccccc4)cccc32)cn1. The number of ether oxygens (including phenoxy) is 1. The molecule has 9 heteroatoms. The van der Waals surface area contributed by atoms with Crippen LogP contribution in [0.3, 0.4) is 0 Å². The Morgan fingerprint density at radius 3 is 2.56 bits per heavy atom. The molecular weight excluding hydrogens is 529 g/mol. The summed E-state index contributed by atoms with van der Waals surface area (Å²) in [5.41, 5.74) is 5.00. The van der Waals surface area contributed by atoms with Gasteiger partial charge in [-0.1, -0.05) is 56.3 Å². The molecule has 214 valence electrons. The van der Waals surface area contributed by atoms with Crippen molar-refractivity contribution in [2.45, 2.75) is 70.8 Å². The number of nitrogens with zero attached hydrogens (tertiary/aromatic N) is 4. The summed E-state index contributed by atoms with van der Waals surface area (Å²) in [6, 6.07) is 19.5. The van der Waals surface area contributed by atoms with Crippen LogP contribution < -0.4 is 9.64 Å². The molecule has 6 nitrogen and oxygen atoms in total. The van der Waals surface area contributed by atoms with Gasteiger partial charge in [-0.3, -0.25) is 14.5 Å². The third-order valence-electron chi connectivity index (χ3n) is 7.31. The average molecular weight is 563 g/mol. The van der Waals surface area contributed by atoms with Crippen LogP contribution in [0, 0.1) is 0 Å². The van der Waals surface area contributed by atoms with Gasteiger partial charge in [-0.25, -0.2) is 0 Å². The van der Waals surface area contributed by atoms with Crippen LogP contribution >= 0.6 is 0 Å². The number of fused-ring (bicyclic) bond motifs is 1. The van der Waals surface area contributed by atoms with E-state index in [1.54, 1.807) is 11.1 Å². The molecule has 0 bridgehead atoms. The molecule has 2 heterocycles. The van der Waals surface area contributed by atoms with Gasteiger partial charge in [0.25, 0.3) is 0 Å². The van der Waals surface area contributed by atoms with Crippen LogP contribution in [0.25, 0.3) is 0 Å². The average Bonchev–Trinajstić information content (AvgIpc) is 3.40. The van der Waals surface area contributed by atoms with Gasteiger partial charge in [0, 0.05) is 17.5 Å². The number of hydrogen-bond acceptors (Lipinski definition) is 4. The predicted molar refractivity (Wildman–Crippen MR) is 151 cm³/mol. The fourth-order valence-corrected chi connectivity index (χ4v) is 5.27. The Labute approximate surface area is 237 Å². The molecule has 0 saturated heterocycles. The molecule has 2 aromatic heterocycles. The first kappa shape index (κ1) is 28.4. The Hall–Kier alpha value is -4.14. The Balaban J connectivity index is 1.43. The number of pyridine rings is 1. The number of rotatable bonds is 9. The van der Waals surface area contributed by atoms with Gasteiger partial charge in [0.1, 0.15) is 18.9 Å². The maximum Gasteiger partial charge on any atom is 0.408 e. The molecule has 0 fully saturated rings. The Kier molecular flexibility index (Phi) is 8.42. The largest absolute Gasteiger partial charge is 0.489 e. The van der Waals surface area contributed by atoms with Crippen LogP contribution in [-0.2, 0) is 30.9 Å². The number of halogens is 3. The molecule has 41 heavy (non-hydrogen) atoms.